The molecule has 0 bridgehead atoms. The Morgan fingerprint density at radius 1 is 0.971 bits per heavy atom. The fourth-order valence-electron chi connectivity index (χ4n) is 4.21. The van der Waals surface area contributed by atoms with Gasteiger partial charge in [0.1, 0.15) is 12.6 Å². The summed E-state index contributed by atoms with van der Waals surface area (Å²) in [6.07, 6.45) is -0.216. The molecule has 1 unspecified atom stereocenters. The van der Waals surface area contributed by atoms with Crippen molar-refractivity contribution >= 4 is 23.9 Å². The molecule has 0 saturated heterocycles. The van der Waals surface area contributed by atoms with E-state index < -0.39 is 36.4 Å². The van der Waals surface area contributed by atoms with E-state index in [1.54, 1.807) is 0 Å². The van der Waals surface area contributed by atoms with Crippen molar-refractivity contribution in [2.75, 3.05) is 13.7 Å². The zero-order valence-corrected chi connectivity index (χ0v) is 19.8. The largest absolute Gasteiger partial charge is 0.480 e. The van der Waals surface area contributed by atoms with Crippen molar-refractivity contribution in [2.45, 2.75) is 50.6 Å². The number of carbonyl (C=O) groups is 4. The van der Waals surface area contributed by atoms with Crippen LogP contribution in [-0.2, 0) is 23.9 Å². The molecule has 9 nitrogen and oxygen atoms in total. The van der Waals surface area contributed by atoms with E-state index in [4.69, 9.17) is 4.74 Å². The van der Waals surface area contributed by atoms with E-state index in [2.05, 4.69) is 27.5 Å². The van der Waals surface area contributed by atoms with Gasteiger partial charge in [-0.15, -0.1) is 0 Å². The van der Waals surface area contributed by atoms with Crippen LogP contribution in [0.3, 0.4) is 0 Å². The number of amides is 2. The van der Waals surface area contributed by atoms with Crippen LogP contribution in [0, 0.1) is 0 Å². The maximum atomic E-state index is 12.5. The Bertz CT molecular complexity index is 1040. The lowest BCUT2D eigenvalue weighted by Gasteiger charge is -2.19. The summed E-state index contributed by atoms with van der Waals surface area (Å²) in [6, 6.07) is 14.4. The highest BCUT2D eigenvalue weighted by Gasteiger charge is 2.29. The highest BCUT2D eigenvalue weighted by molar-refractivity contribution is 5.87. The van der Waals surface area contributed by atoms with Crippen LogP contribution in [0.1, 0.15) is 49.7 Å². The van der Waals surface area contributed by atoms with Gasteiger partial charge in [-0.1, -0.05) is 55.5 Å². The molecule has 0 aliphatic heterocycles. The van der Waals surface area contributed by atoms with Gasteiger partial charge in [-0.2, -0.15) is 0 Å². The van der Waals surface area contributed by atoms with E-state index in [0.717, 1.165) is 29.4 Å². The van der Waals surface area contributed by atoms with Gasteiger partial charge in [0.15, 0.2) is 0 Å². The molecule has 2 atom stereocenters. The minimum Gasteiger partial charge on any atom is -0.480 e. The number of hydrogen-bond acceptors (Lipinski definition) is 6. The molecule has 0 fully saturated rings. The molecule has 0 heterocycles. The molecular weight excluding hydrogens is 452 g/mol. The number of methoxy groups -OCH3 is 1. The lowest BCUT2D eigenvalue weighted by atomic mass is 9.98. The average molecular weight is 483 g/mol. The van der Waals surface area contributed by atoms with E-state index >= 15 is 0 Å². The number of carboxylic acids is 1. The van der Waals surface area contributed by atoms with Crippen molar-refractivity contribution in [1.82, 2.24) is 10.6 Å². The summed E-state index contributed by atoms with van der Waals surface area (Å²) in [5.74, 6) is -2.65. The topological polar surface area (TPSA) is 131 Å². The molecule has 0 aromatic heterocycles. The number of alkyl carbamates (subject to hydrolysis) is 1. The molecule has 2 aromatic rings. The van der Waals surface area contributed by atoms with Gasteiger partial charge in [-0.05, 0) is 35.1 Å². The van der Waals surface area contributed by atoms with Crippen molar-refractivity contribution in [1.29, 1.82) is 0 Å². The zero-order chi connectivity index (χ0) is 25.4. The van der Waals surface area contributed by atoms with Crippen molar-refractivity contribution < 1.29 is 33.8 Å². The molecule has 1 aliphatic carbocycles. The van der Waals surface area contributed by atoms with E-state index in [0.29, 0.717) is 6.42 Å². The van der Waals surface area contributed by atoms with Gasteiger partial charge in [-0.3, -0.25) is 9.59 Å². The zero-order valence-electron chi connectivity index (χ0n) is 19.8. The Balaban J connectivity index is 1.50. The molecule has 1 aliphatic rings. The summed E-state index contributed by atoms with van der Waals surface area (Å²) in [5, 5.41) is 14.3. The highest BCUT2D eigenvalue weighted by Crippen LogP contribution is 2.44. The van der Waals surface area contributed by atoms with Crippen LogP contribution in [0.5, 0.6) is 0 Å². The molecule has 2 aromatic carbocycles. The fraction of sp³-hybridized carbons (Fsp3) is 0.385. The molecule has 3 rings (SSSR count). The normalized spacial score (nSPS) is 13.7. The summed E-state index contributed by atoms with van der Waals surface area (Å²) in [7, 11) is 1.14. The maximum Gasteiger partial charge on any atom is 0.407 e. The van der Waals surface area contributed by atoms with E-state index in [1.807, 2.05) is 43.3 Å². The first-order valence-corrected chi connectivity index (χ1v) is 11.5. The predicted molar refractivity (Wildman–Crippen MR) is 128 cm³/mol. The van der Waals surface area contributed by atoms with Crippen molar-refractivity contribution in [3.8, 4) is 11.1 Å². The first kappa shape index (κ1) is 25.7. The number of aliphatic carboxylic acids is 1. The smallest absolute Gasteiger partial charge is 0.407 e. The third kappa shape index (κ3) is 6.59. The molecule has 186 valence electrons. The van der Waals surface area contributed by atoms with E-state index in [9.17, 15) is 24.3 Å². The average Bonchev–Trinajstić information content (AvgIpc) is 3.18. The lowest BCUT2D eigenvalue weighted by Crippen LogP contribution is -2.43. The number of benzene rings is 2. The number of ether oxygens (including phenoxy) is 2. The third-order valence-electron chi connectivity index (χ3n) is 6.11. The van der Waals surface area contributed by atoms with Crippen LogP contribution in [0.25, 0.3) is 11.1 Å². The molecule has 35 heavy (non-hydrogen) atoms. The number of carbonyl (C=O) groups excluding carboxylic acids is 3. The second-order valence-corrected chi connectivity index (χ2v) is 8.35. The van der Waals surface area contributed by atoms with Crippen LogP contribution in [0.15, 0.2) is 48.5 Å². The van der Waals surface area contributed by atoms with E-state index in [-0.39, 0.29) is 31.4 Å². The molecule has 3 N–H and O–H groups in total. The number of nitrogens with one attached hydrogen (secondary N) is 2. The van der Waals surface area contributed by atoms with Gasteiger partial charge in [0.05, 0.1) is 13.5 Å². The van der Waals surface area contributed by atoms with Crippen LogP contribution in [-0.4, -0.2) is 54.8 Å². The second kappa shape index (κ2) is 12.0. The highest BCUT2D eigenvalue weighted by atomic mass is 16.5. The predicted octanol–water partition coefficient (Wildman–Crippen LogP) is 3.22. The number of esters is 1. The number of rotatable bonds is 11. The van der Waals surface area contributed by atoms with E-state index in [1.165, 1.54) is 0 Å². The minimum atomic E-state index is -1.37. The van der Waals surface area contributed by atoms with Crippen molar-refractivity contribution in [3.05, 3.63) is 59.7 Å². The standard InChI is InChI=1S/C26H30N2O7/c1-3-16(12-13-23(29)28-22(25(31)32)14-24(30)34-2)27-26(33)35-15-21-19-10-6-4-8-17(19)18-9-5-7-11-20(18)21/h4-11,16,21-22H,3,12-15H2,1-2H3,(H,27,33)(H,28,29)(H,31,32)/t16?,22-/m1/s1. The Morgan fingerprint density at radius 3 is 2.11 bits per heavy atom. The van der Waals surface area contributed by atoms with Crippen molar-refractivity contribution in [2.24, 2.45) is 0 Å². The Labute approximate surface area is 203 Å². The van der Waals surface area contributed by atoms with Gasteiger partial charge in [0.25, 0.3) is 0 Å². The van der Waals surface area contributed by atoms with Gasteiger partial charge < -0.3 is 25.2 Å². The number of fused-ring (bicyclic) bond motifs is 3. The molecule has 0 saturated carbocycles. The number of hydrogen-bond donors (Lipinski definition) is 3. The molecule has 0 spiro atoms. The van der Waals surface area contributed by atoms with Gasteiger partial charge >= 0.3 is 18.0 Å². The van der Waals surface area contributed by atoms with Gasteiger partial charge in [-0.25, -0.2) is 9.59 Å². The van der Waals surface area contributed by atoms with Gasteiger partial charge in [0.2, 0.25) is 5.91 Å². The third-order valence-corrected chi connectivity index (χ3v) is 6.11. The molecule has 0 radical (unpaired) electrons. The molecule has 2 amide bonds. The lowest BCUT2D eigenvalue weighted by molar-refractivity contribution is -0.148. The van der Waals surface area contributed by atoms with Crippen LogP contribution < -0.4 is 10.6 Å². The quantitative estimate of drug-likeness (QED) is 0.419. The molecule has 9 heteroatoms. The molecular formula is C26H30N2O7. The first-order chi connectivity index (χ1) is 16.8. The Kier molecular flexibility index (Phi) is 8.83. The Morgan fingerprint density at radius 2 is 1.57 bits per heavy atom. The summed E-state index contributed by atoms with van der Waals surface area (Å²) in [6.45, 7) is 2.05. The monoisotopic (exact) mass is 482 g/mol. The summed E-state index contributed by atoms with van der Waals surface area (Å²) >= 11 is 0. The summed E-state index contributed by atoms with van der Waals surface area (Å²) < 4.78 is 10.0. The van der Waals surface area contributed by atoms with Crippen LogP contribution in [0.2, 0.25) is 0 Å². The first-order valence-electron chi connectivity index (χ1n) is 11.5. The second-order valence-electron chi connectivity index (χ2n) is 8.35. The van der Waals surface area contributed by atoms with Gasteiger partial charge in [0, 0.05) is 18.4 Å². The Hall–Kier alpha value is -3.88. The SMILES string of the molecule is CCC(CCC(=O)N[C@H](CC(=O)OC)C(=O)O)NC(=O)OCC1c2ccccc2-c2ccccc21. The number of carboxylic acid groups (broad SMARTS) is 1. The maximum absolute atomic E-state index is 12.5. The fourth-order valence-corrected chi connectivity index (χ4v) is 4.21. The summed E-state index contributed by atoms with van der Waals surface area (Å²) in [5.41, 5.74) is 4.51. The minimum absolute atomic E-state index is 0.0207. The van der Waals surface area contributed by atoms with Crippen molar-refractivity contribution in [3.63, 3.8) is 0 Å². The summed E-state index contributed by atoms with van der Waals surface area (Å²) in [4.78, 5) is 47.3. The van der Waals surface area contributed by atoms with Crippen LogP contribution in [0.4, 0.5) is 4.79 Å². The van der Waals surface area contributed by atoms with Crippen LogP contribution >= 0.6 is 0 Å².